The molecule has 0 spiro atoms. The van der Waals surface area contributed by atoms with Crippen molar-refractivity contribution in [2.24, 2.45) is 5.92 Å². The molecule has 0 aromatic carbocycles. The van der Waals surface area contributed by atoms with Gasteiger partial charge >= 0.3 is 5.69 Å². The van der Waals surface area contributed by atoms with E-state index in [2.05, 4.69) is 27.2 Å². The Morgan fingerprint density at radius 2 is 2.00 bits per heavy atom. The lowest BCUT2D eigenvalue weighted by Gasteiger charge is -2.29. The number of hydrogen-bond donors (Lipinski definition) is 3. The first-order valence-corrected chi connectivity index (χ1v) is 7.90. The molecule has 0 bridgehead atoms. The minimum absolute atomic E-state index is 0.113. The van der Waals surface area contributed by atoms with E-state index in [1.807, 2.05) is 0 Å². The number of carbonyl (C=O) groups excluding carboxylic acids is 1. The highest BCUT2D eigenvalue weighted by atomic mass is 16.2. The fourth-order valence-corrected chi connectivity index (χ4v) is 3.25. The third-order valence-electron chi connectivity index (χ3n) is 4.51. The Labute approximate surface area is 132 Å². The summed E-state index contributed by atoms with van der Waals surface area (Å²) in [6.07, 6.45) is 4.32. The van der Waals surface area contributed by atoms with Gasteiger partial charge in [-0.1, -0.05) is 19.8 Å². The van der Waals surface area contributed by atoms with Crippen LogP contribution in [0.25, 0.3) is 11.0 Å². The van der Waals surface area contributed by atoms with Crippen LogP contribution in [0.5, 0.6) is 0 Å². The normalized spacial score (nSPS) is 21.3. The van der Waals surface area contributed by atoms with Crippen LogP contribution in [0.3, 0.4) is 0 Å². The van der Waals surface area contributed by atoms with Gasteiger partial charge in [-0.05, 0) is 31.7 Å². The number of hydrogen-bond acceptors (Lipinski definition) is 4. The standard InChI is InChI=1S/C16H20N4O3/c1-8-5-3-4-6-11(8)18-14(21)10-7-9(2)17-13-12(10)15(22)20-16(23)19-13/h7-8,11H,3-6H2,1-2H3,(H,18,21)(H2,17,19,20,22,23)/t8-,11-/m0/s1. The summed E-state index contributed by atoms with van der Waals surface area (Å²) in [4.78, 5) is 45.0. The Morgan fingerprint density at radius 1 is 1.26 bits per heavy atom. The largest absolute Gasteiger partial charge is 0.349 e. The summed E-state index contributed by atoms with van der Waals surface area (Å²) in [7, 11) is 0. The summed E-state index contributed by atoms with van der Waals surface area (Å²) in [5.74, 6) is 0.122. The molecule has 0 unspecified atom stereocenters. The van der Waals surface area contributed by atoms with Crippen LogP contribution in [0, 0.1) is 12.8 Å². The number of aromatic nitrogens is 3. The van der Waals surface area contributed by atoms with Crippen molar-refractivity contribution in [3.05, 3.63) is 38.2 Å². The molecule has 7 heteroatoms. The lowest BCUT2D eigenvalue weighted by Crippen LogP contribution is -2.41. The van der Waals surface area contributed by atoms with Crippen molar-refractivity contribution in [3.63, 3.8) is 0 Å². The predicted molar refractivity (Wildman–Crippen MR) is 86.6 cm³/mol. The summed E-state index contributed by atoms with van der Waals surface area (Å²) in [5.41, 5.74) is -0.269. The van der Waals surface area contributed by atoms with Crippen LogP contribution in [-0.4, -0.2) is 26.9 Å². The smallest absolute Gasteiger partial charge is 0.327 e. The van der Waals surface area contributed by atoms with Gasteiger partial charge in [0.05, 0.1) is 10.9 Å². The van der Waals surface area contributed by atoms with Gasteiger partial charge in [-0.2, -0.15) is 0 Å². The van der Waals surface area contributed by atoms with Crippen LogP contribution in [0.2, 0.25) is 0 Å². The molecule has 3 rings (SSSR count). The molecule has 0 aliphatic heterocycles. The number of aryl methyl sites for hydroxylation is 1. The Bertz CT molecular complexity index is 868. The van der Waals surface area contributed by atoms with Crippen molar-refractivity contribution in [2.45, 2.75) is 45.6 Å². The SMILES string of the molecule is Cc1cc(C(=O)N[C@H]2CCCC[C@@H]2C)c2c(=O)[nH]c(=O)[nH]c2n1. The molecule has 23 heavy (non-hydrogen) atoms. The maximum absolute atomic E-state index is 12.7. The molecule has 7 nitrogen and oxygen atoms in total. The monoisotopic (exact) mass is 316 g/mol. The summed E-state index contributed by atoms with van der Waals surface area (Å²) in [6, 6.07) is 1.69. The maximum Gasteiger partial charge on any atom is 0.327 e. The Kier molecular flexibility index (Phi) is 4.02. The van der Waals surface area contributed by atoms with Crippen LogP contribution in [0.1, 0.15) is 48.7 Å². The fraction of sp³-hybridized carbons (Fsp3) is 0.500. The molecule has 1 amide bonds. The third kappa shape index (κ3) is 3.04. The quantitative estimate of drug-likeness (QED) is 0.774. The fourth-order valence-electron chi connectivity index (χ4n) is 3.25. The lowest BCUT2D eigenvalue weighted by atomic mass is 9.86. The summed E-state index contributed by atoms with van der Waals surface area (Å²) in [6.45, 7) is 3.85. The highest BCUT2D eigenvalue weighted by Crippen LogP contribution is 2.24. The van der Waals surface area contributed by atoms with E-state index < -0.39 is 11.2 Å². The maximum atomic E-state index is 12.7. The number of amides is 1. The minimum Gasteiger partial charge on any atom is -0.349 e. The Hall–Kier alpha value is -2.44. The second-order valence-corrected chi connectivity index (χ2v) is 6.28. The lowest BCUT2D eigenvalue weighted by molar-refractivity contribution is 0.0911. The number of aromatic amines is 2. The molecule has 2 aromatic rings. The highest BCUT2D eigenvalue weighted by Gasteiger charge is 2.25. The van der Waals surface area contributed by atoms with Crippen molar-refractivity contribution in [2.75, 3.05) is 0 Å². The van der Waals surface area contributed by atoms with E-state index in [9.17, 15) is 14.4 Å². The van der Waals surface area contributed by atoms with Crippen molar-refractivity contribution < 1.29 is 4.79 Å². The summed E-state index contributed by atoms with van der Waals surface area (Å²) < 4.78 is 0. The van der Waals surface area contributed by atoms with Crippen LogP contribution >= 0.6 is 0 Å². The van der Waals surface area contributed by atoms with Gasteiger partial charge in [-0.15, -0.1) is 0 Å². The first-order valence-electron chi connectivity index (χ1n) is 7.90. The van der Waals surface area contributed by atoms with E-state index in [1.54, 1.807) is 13.0 Å². The van der Waals surface area contributed by atoms with E-state index in [0.29, 0.717) is 11.6 Å². The Balaban J connectivity index is 2.03. The van der Waals surface area contributed by atoms with Gasteiger partial charge in [0, 0.05) is 11.7 Å². The Morgan fingerprint density at radius 3 is 2.74 bits per heavy atom. The zero-order chi connectivity index (χ0) is 16.6. The van der Waals surface area contributed by atoms with Gasteiger partial charge < -0.3 is 5.32 Å². The number of fused-ring (bicyclic) bond motifs is 1. The van der Waals surface area contributed by atoms with Crippen molar-refractivity contribution in [1.29, 1.82) is 0 Å². The zero-order valence-corrected chi connectivity index (χ0v) is 13.2. The van der Waals surface area contributed by atoms with Gasteiger partial charge in [0.2, 0.25) is 0 Å². The first-order chi connectivity index (χ1) is 11.0. The van der Waals surface area contributed by atoms with Crippen molar-refractivity contribution >= 4 is 16.9 Å². The highest BCUT2D eigenvalue weighted by molar-refractivity contribution is 6.05. The minimum atomic E-state index is -0.632. The molecule has 0 radical (unpaired) electrons. The molecule has 2 aromatic heterocycles. The second-order valence-electron chi connectivity index (χ2n) is 6.28. The van der Waals surface area contributed by atoms with E-state index in [1.165, 1.54) is 6.42 Å². The molecule has 1 fully saturated rings. The number of pyridine rings is 1. The topological polar surface area (TPSA) is 108 Å². The molecular formula is C16H20N4O3. The molecular weight excluding hydrogens is 296 g/mol. The number of H-pyrrole nitrogens is 2. The summed E-state index contributed by atoms with van der Waals surface area (Å²) in [5, 5.41) is 3.16. The average Bonchev–Trinajstić information content (AvgIpc) is 2.47. The van der Waals surface area contributed by atoms with E-state index in [4.69, 9.17) is 0 Å². The van der Waals surface area contributed by atoms with Crippen LogP contribution in [0.4, 0.5) is 0 Å². The van der Waals surface area contributed by atoms with Gasteiger partial charge in [0.25, 0.3) is 11.5 Å². The third-order valence-corrected chi connectivity index (χ3v) is 4.51. The average molecular weight is 316 g/mol. The molecule has 2 atom stereocenters. The van der Waals surface area contributed by atoms with Crippen molar-refractivity contribution in [1.82, 2.24) is 20.3 Å². The zero-order valence-electron chi connectivity index (χ0n) is 13.2. The van der Waals surface area contributed by atoms with Crippen molar-refractivity contribution in [3.8, 4) is 0 Å². The van der Waals surface area contributed by atoms with Crippen LogP contribution in [0.15, 0.2) is 15.7 Å². The number of rotatable bonds is 2. The van der Waals surface area contributed by atoms with Crippen LogP contribution < -0.4 is 16.6 Å². The molecule has 1 aliphatic rings. The van der Waals surface area contributed by atoms with Crippen LogP contribution in [-0.2, 0) is 0 Å². The van der Waals surface area contributed by atoms with Gasteiger partial charge in [-0.3, -0.25) is 19.6 Å². The van der Waals surface area contributed by atoms with E-state index in [-0.39, 0.29) is 28.5 Å². The molecule has 122 valence electrons. The number of nitrogens with one attached hydrogen (secondary N) is 3. The number of carbonyl (C=O) groups is 1. The molecule has 1 saturated carbocycles. The molecule has 1 aliphatic carbocycles. The van der Waals surface area contributed by atoms with Gasteiger partial charge in [0.1, 0.15) is 5.65 Å². The first kappa shape index (κ1) is 15.5. The van der Waals surface area contributed by atoms with Gasteiger partial charge in [0.15, 0.2) is 0 Å². The summed E-state index contributed by atoms with van der Waals surface area (Å²) >= 11 is 0. The van der Waals surface area contributed by atoms with E-state index >= 15 is 0 Å². The predicted octanol–water partition coefficient (Wildman–Crippen LogP) is 1.23. The number of nitrogens with zero attached hydrogens (tertiary/aromatic N) is 1. The molecule has 0 saturated heterocycles. The molecule has 3 N–H and O–H groups in total. The second kappa shape index (κ2) is 5.98. The van der Waals surface area contributed by atoms with Gasteiger partial charge in [-0.25, -0.2) is 9.78 Å². The molecule has 2 heterocycles. The van der Waals surface area contributed by atoms with E-state index in [0.717, 1.165) is 19.3 Å².